The van der Waals surface area contributed by atoms with Crippen molar-refractivity contribution in [3.05, 3.63) is 58.5 Å². The van der Waals surface area contributed by atoms with Crippen molar-refractivity contribution in [2.75, 3.05) is 19.6 Å². The molecule has 0 aliphatic rings. The van der Waals surface area contributed by atoms with Crippen LogP contribution in [0.4, 0.5) is 0 Å². The van der Waals surface area contributed by atoms with Crippen molar-refractivity contribution in [3.8, 4) is 11.5 Å². The van der Waals surface area contributed by atoms with Crippen LogP contribution in [0.1, 0.15) is 40.6 Å². The Morgan fingerprint density at radius 2 is 1.81 bits per heavy atom. The molecule has 0 saturated carbocycles. The molecule has 0 aliphatic heterocycles. The molecule has 2 aromatic carbocycles. The van der Waals surface area contributed by atoms with Gasteiger partial charge in [0.2, 0.25) is 0 Å². The van der Waals surface area contributed by atoms with E-state index >= 15 is 0 Å². The third-order valence-electron chi connectivity index (χ3n) is 4.14. The number of thiophene rings is 1. The quantitative estimate of drug-likeness (QED) is 0.374. The summed E-state index contributed by atoms with van der Waals surface area (Å²) in [4.78, 5) is 14.3. The second-order valence-corrected chi connectivity index (χ2v) is 7.71. The fourth-order valence-corrected chi connectivity index (χ4v) is 4.18. The molecule has 3 nitrogen and oxygen atoms in total. The molecule has 0 aliphatic carbocycles. The normalized spacial score (nSPS) is 11.1. The number of carbonyl (C=O) groups is 1. The topological polar surface area (TPSA) is 35.5 Å². The monoisotopic (exact) mass is 388 g/mol. The van der Waals surface area contributed by atoms with Gasteiger partial charge in [0.15, 0.2) is 5.78 Å². The van der Waals surface area contributed by atoms with Gasteiger partial charge in [0, 0.05) is 26.1 Å². The molecule has 0 fully saturated rings. The molecular weight excluding hydrogens is 368 g/mol. The SMILES string of the molecule is COc1ccc2c(C(=O)c3ccc(OCCCl)cc3)c(C(C)C)sc2c1. The molecule has 26 heavy (non-hydrogen) atoms. The van der Waals surface area contributed by atoms with E-state index in [1.54, 1.807) is 18.4 Å². The molecule has 0 unspecified atom stereocenters. The molecule has 0 N–H and O–H groups in total. The lowest BCUT2D eigenvalue weighted by Crippen LogP contribution is -2.05. The number of hydrogen-bond acceptors (Lipinski definition) is 4. The van der Waals surface area contributed by atoms with E-state index in [2.05, 4.69) is 13.8 Å². The van der Waals surface area contributed by atoms with Crippen molar-refractivity contribution in [2.24, 2.45) is 0 Å². The van der Waals surface area contributed by atoms with E-state index in [4.69, 9.17) is 21.1 Å². The zero-order valence-electron chi connectivity index (χ0n) is 15.0. The van der Waals surface area contributed by atoms with Gasteiger partial charge in [0.05, 0.1) is 13.0 Å². The number of carbonyl (C=O) groups excluding carboxylic acids is 1. The summed E-state index contributed by atoms with van der Waals surface area (Å²) in [5.74, 6) is 2.25. The minimum absolute atomic E-state index is 0.0361. The molecule has 3 rings (SSSR count). The lowest BCUT2D eigenvalue weighted by atomic mass is 9.96. The van der Waals surface area contributed by atoms with Crippen LogP contribution in [-0.2, 0) is 0 Å². The van der Waals surface area contributed by atoms with Gasteiger partial charge >= 0.3 is 0 Å². The van der Waals surface area contributed by atoms with Gasteiger partial charge < -0.3 is 9.47 Å². The number of rotatable bonds is 7. The molecule has 1 aromatic heterocycles. The first-order valence-electron chi connectivity index (χ1n) is 8.49. The van der Waals surface area contributed by atoms with Crippen LogP contribution in [0.5, 0.6) is 11.5 Å². The average molecular weight is 389 g/mol. The number of ketones is 1. The summed E-state index contributed by atoms with van der Waals surface area (Å²) in [7, 11) is 1.65. The molecule has 0 spiro atoms. The van der Waals surface area contributed by atoms with Crippen LogP contribution in [0.15, 0.2) is 42.5 Å². The Balaban J connectivity index is 2.02. The number of halogens is 1. The molecule has 0 saturated heterocycles. The zero-order valence-corrected chi connectivity index (χ0v) is 16.6. The maximum atomic E-state index is 13.2. The fraction of sp³-hybridized carbons (Fsp3) is 0.286. The lowest BCUT2D eigenvalue weighted by Gasteiger charge is -2.08. The predicted molar refractivity (Wildman–Crippen MR) is 109 cm³/mol. The predicted octanol–water partition coefficient (Wildman–Crippen LogP) is 5.88. The minimum atomic E-state index is 0.0361. The van der Waals surface area contributed by atoms with Crippen molar-refractivity contribution < 1.29 is 14.3 Å². The highest BCUT2D eigenvalue weighted by Gasteiger charge is 2.22. The first-order valence-corrected chi connectivity index (χ1v) is 9.84. The van der Waals surface area contributed by atoms with Crippen LogP contribution >= 0.6 is 22.9 Å². The Labute approximate surface area is 162 Å². The summed E-state index contributed by atoms with van der Waals surface area (Å²) in [6.45, 7) is 4.67. The summed E-state index contributed by atoms with van der Waals surface area (Å²) in [5.41, 5.74) is 1.44. The molecule has 0 atom stereocenters. The fourth-order valence-electron chi connectivity index (χ4n) is 2.87. The number of benzene rings is 2. The highest BCUT2D eigenvalue weighted by atomic mass is 35.5. The van der Waals surface area contributed by atoms with Crippen molar-refractivity contribution in [3.63, 3.8) is 0 Å². The van der Waals surface area contributed by atoms with E-state index in [1.165, 1.54) is 0 Å². The van der Waals surface area contributed by atoms with Gasteiger partial charge in [-0.1, -0.05) is 13.8 Å². The van der Waals surface area contributed by atoms with Crippen LogP contribution in [0, 0.1) is 0 Å². The molecule has 5 heteroatoms. The van der Waals surface area contributed by atoms with Gasteiger partial charge in [-0.3, -0.25) is 4.79 Å². The molecular formula is C21H21ClO3S. The Morgan fingerprint density at radius 1 is 1.12 bits per heavy atom. The molecule has 136 valence electrons. The highest BCUT2D eigenvalue weighted by molar-refractivity contribution is 7.19. The number of fused-ring (bicyclic) bond motifs is 1. The first kappa shape index (κ1) is 18.7. The van der Waals surface area contributed by atoms with Gasteiger partial charge in [-0.15, -0.1) is 22.9 Å². The van der Waals surface area contributed by atoms with Crippen LogP contribution in [0.3, 0.4) is 0 Å². The van der Waals surface area contributed by atoms with E-state index in [0.717, 1.165) is 26.3 Å². The summed E-state index contributed by atoms with van der Waals surface area (Å²) in [6, 6.07) is 13.1. The number of alkyl halides is 1. The van der Waals surface area contributed by atoms with Crippen molar-refractivity contribution in [2.45, 2.75) is 19.8 Å². The van der Waals surface area contributed by atoms with Crippen LogP contribution in [-0.4, -0.2) is 25.4 Å². The van der Waals surface area contributed by atoms with E-state index in [0.29, 0.717) is 23.8 Å². The van der Waals surface area contributed by atoms with E-state index in [1.807, 2.05) is 42.5 Å². The lowest BCUT2D eigenvalue weighted by molar-refractivity contribution is 0.103. The zero-order chi connectivity index (χ0) is 18.7. The second-order valence-electron chi connectivity index (χ2n) is 6.25. The minimum Gasteiger partial charge on any atom is -0.497 e. The maximum Gasteiger partial charge on any atom is 0.194 e. The third-order valence-corrected chi connectivity index (χ3v) is 5.75. The van der Waals surface area contributed by atoms with E-state index in [-0.39, 0.29) is 11.7 Å². The molecule has 1 heterocycles. The smallest absolute Gasteiger partial charge is 0.194 e. The average Bonchev–Trinajstić information content (AvgIpc) is 3.05. The maximum absolute atomic E-state index is 13.2. The van der Waals surface area contributed by atoms with Crippen LogP contribution < -0.4 is 9.47 Å². The van der Waals surface area contributed by atoms with Crippen molar-refractivity contribution in [1.82, 2.24) is 0 Å². The number of ether oxygens (including phenoxy) is 2. The Hall–Kier alpha value is -2.04. The van der Waals surface area contributed by atoms with Crippen LogP contribution in [0.2, 0.25) is 0 Å². The van der Waals surface area contributed by atoms with Gasteiger partial charge in [0.25, 0.3) is 0 Å². The summed E-state index contributed by atoms with van der Waals surface area (Å²) < 4.78 is 11.9. The molecule has 3 aromatic rings. The van der Waals surface area contributed by atoms with Gasteiger partial charge in [-0.25, -0.2) is 0 Å². The standard InChI is InChI=1S/C21H21ClO3S/c1-13(2)21-19(17-9-8-16(24-3)12-18(17)26-21)20(23)14-4-6-15(7-5-14)25-11-10-22/h4-9,12-13H,10-11H2,1-3H3. The first-order chi connectivity index (χ1) is 12.5. The number of methoxy groups -OCH3 is 1. The van der Waals surface area contributed by atoms with Gasteiger partial charge in [-0.2, -0.15) is 0 Å². The molecule has 0 amide bonds. The Bertz CT molecular complexity index is 913. The van der Waals surface area contributed by atoms with Gasteiger partial charge in [-0.05, 0) is 48.4 Å². The van der Waals surface area contributed by atoms with Gasteiger partial charge in [0.1, 0.15) is 18.1 Å². The Morgan fingerprint density at radius 3 is 2.42 bits per heavy atom. The second kappa shape index (κ2) is 8.11. The summed E-state index contributed by atoms with van der Waals surface area (Å²) in [5, 5.41) is 0.979. The van der Waals surface area contributed by atoms with Crippen molar-refractivity contribution >= 4 is 38.8 Å². The summed E-state index contributed by atoms with van der Waals surface area (Å²) >= 11 is 7.30. The van der Waals surface area contributed by atoms with Crippen LogP contribution in [0.25, 0.3) is 10.1 Å². The Kier molecular flexibility index (Phi) is 5.84. The molecule has 0 radical (unpaired) electrons. The summed E-state index contributed by atoms with van der Waals surface area (Å²) in [6.07, 6.45) is 0. The molecule has 0 bridgehead atoms. The third kappa shape index (κ3) is 3.71. The highest BCUT2D eigenvalue weighted by Crippen LogP contribution is 2.39. The largest absolute Gasteiger partial charge is 0.497 e. The van der Waals surface area contributed by atoms with Crippen molar-refractivity contribution in [1.29, 1.82) is 0 Å². The van der Waals surface area contributed by atoms with E-state index < -0.39 is 0 Å². The number of hydrogen-bond donors (Lipinski definition) is 0. The van der Waals surface area contributed by atoms with E-state index in [9.17, 15) is 4.79 Å².